The lowest BCUT2D eigenvalue weighted by atomic mass is 10.0. The van der Waals surface area contributed by atoms with Gasteiger partial charge in [0.25, 0.3) is 5.91 Å². The standard InChI is InChI=1S/C17H10ClF6N7O/c18-12(15(32)29-25)13(11-6-26-1-2-27-11)31-7-28-14(30-31)8-3-9(16(19,20)21)5-10(4-8)17(22,23)24/h1-7H,25H2,(H,29,32)/b13-12-. The van der Waals surface area contributed by atoms with Gasteiger partial charge in [-0.15, -0.1) is 5.10 Å². The summed E-state index contributed by atoms with van der Waals surface area (Å²) >= 11 is 6.03. The lowest BCUT2D eigenvalue weighted by Crippen LogP contribution is -2.31. The third kappa shape index (κ3) is 4.86. The summed E-state index contributed by atoms with van der Waals surface area (Å²) in [5, 5.41) is 3.34. The van der Waals surface area contributed by atoms with Crippen LogP contribution in [-0.4, -0.2) is 30.6 Å². The summed E-state index contributed by atoms with van der Waals surface area (Å²) in [6.07, 6.45) is -5.42. The number of aromatic nitrogens is 5. The number of halogens is 7. The molecule has 2 aromatic heterocycles. The molecule has 2 heterocycles. The van der Waals surface area contributed by atoms with Gasteiger partial charge in [0.05, 0.1) is 17.3 Å². The van der Waals surface area contributed by atoms with Crippen LogP contribution in [0, 0.1) is 0 Å². The van der Waals surface area contributed by atoms with Crippen LogP contribution in [0.15, 0.2) is 48.1 Å². The molecule has 0 radical (unpaired) electrons. The molecule has 0 fully saturated rings. The average Bonchev–Trinajstić information content (AvgIpc) is 3.22. The molecule has 1 aromatic carbocycles. The number of nitrogens with two attached hydrogens (primary N) is 1. The highest BCUT2D eigenvalue weighted by Crippen LogP contribution is 2.38. The molecule has 3 aromatic rings. The minimum atomic E-state index is -5.05. The van der Waals surface area contributed by atoms with Crippen LogP contribution in [-0.2, 0) is 17.1 Å². The van der Waals surface area contributed by atoms with Gasteiger partial charge in [-0.3, -0.25) is 20.2 Å². The summed E-state index contributed by atoms with van der Waals surface area (Å²) in [5.41, 5.74) is -2.08. The summed E-state index contributed by atoms with van der Waals surface area (Å²) in [6.45, 7) is 0. The van der Waals surface area contributed by atoms with Crippen LogP contribution in [0.1, 0.15) is 16.8 Å². The van der Waals surface area contributed by atoms with Gasteiger partial charge >= 0.3 is 12.4 Å². The summed E-state index contributed by atoms with van der Waals surface area (Å²) in [6, 6.07) is 0.914. The van der Waals surface area contributed by atoms with Crippen molar-refractivity contribution in [3.05, 3.63) is 65.0 Å². The molecule has 0 aliphatic carbocycles. The van der Waals surface area contributed by atoms with Gasteiger partial charge in [0.1, 0.15) is 22.8 Å². The zero-order valence-corrected chi connectivity index (χ0v) is 16.2. The maximum atomic E-state index is 13.1. The second-order valence-corrected chi connectivity index (χ2v) is 6.41. The number of carbonyl (C=O) groups is 1. The largest absolute Gasteiger partial charge is 0.416 e. The fourth-order valence-corrected chi connectivity index (χ4v) is 2.75. The van der Waals surface area contributed by atoms with E-state index < -0.39 is 45.8 Å². The molecule has 1 amide bonds. The van der Waals surface area contributed by atoms with Gasteiger partial charge in [0, 0.05) is 18.0 Å². The lowest BCUT2D eigenvalue weighted by Gasteiger charge is -2.13. The molecule has 3 rings (SSSR count). The predicted octanol–water partition coefficient (Wildman–Crippen LogP) is 3.22. The molecule has 168 valence electrons. The fraction of sp³-hybridized carbons (Fsp3) is 0.118. The van der Waals surface area contributed by atoms with Crippen molar-refractivity contribution < 1.29 is 31.1 Å². The number of benzene rings is 1. The van der Waals surface area contributed by atoms with E-state index in [0.29, 0.717) is 12.1 Å². The maximum Gasteiger partial charge on any atom is 0.416 e. The molecule has 0 spiro atoms. The smallest absolute Gasteiger partial charge is 0.289 e. The molecule has 0 saturated heterocycles. The zero-order valence-electron chi connectivity index (χ0n) is 15.4. The highest BCUT2D eigenvalue weighted by atomic mass is 35.5. The Balaban J connectivity index is 2.18. The Labute approximate surface area is 179 Å². The SMILES string of the molecule is NNC(=O)/C(Cl)=C(\c1cnccn1)n1cnc(-c2cc(C(F)(F)F)cc(C(F)(F)F)c2)n1. The van der Waals surface area contributed by atoms with E-state index in [0.717, 1.165) is 11.0 Å². The van der Waals surface area contributed by atoms with Gasteiger partial charge in [-0.2, -0.15) is 26.3 Å². The number of nitrogens with one attached hydrogen (secondary N) is 1. The minimum absolute atomic E-state index is 0.00225. The average molecular weight is 478 g/mol. The highest BCUT2D eigenvalue weighted by molar-refractivity contribution is 6.45. The van der Waals surface area contributed by atoms with Crippen molar-refractivity contribution in [2.24, 2.45) is 5.84 Å². The van der Waals surface area contributed by atoms with Gasteiger partial charge < -0.3 is 0 Å². The van der Waals surface area contributed by atoms with E-state index in [1.54, 1.807) is 5.43 Å². The quantitative estimate of drug-likeness (QED) is 0.196. The number of rotatable bonds is 4. The minimum Gasteiger partial charge on any atom is -0.289 e. The summed E-state index contributed by atoms with van der Waals surface area (Å²) in [4.78, 5) is 23.4. The molecule has 0 aliphatic heterocycles. The molecular formula is C17H10ClF6N7O. The Morgan fingerprint density at radius 3 is 2.12 bits per heavy atom. The van der Waals surface area contributed by atoms with Crippen LogP contribution in [0.25, 0.3) is 17.1 Å². The van der Waals surface area contributed by atoms with E-state index in [2.05, 4.69) is 20.1 Å². The van der Waals surface area contributed by atoms with E-state index in [-0.39, 0.29) is 17.5 Å². The molecule has 8 nitrogen and oxygen atoms in total. The third-order valence-electron chi connectivity index (χ3n) is 3.91. The van der Waals surface area contributed by atoms with Crippen molar-refractivity contribution in [2.45, 2.75) is 12.4 Å². The molecule has 0 bridgehead atoms. The van der Waals surface area contributed by atoms with Crippen molar-refractivity contribution in [2.75, 3.05) is 0 Å². The Bertz CT molecular complexity index is 1140. The predicted molar refractivity (Wildman–Crippen MR) is 98.0 cm³/mol. The highest BCUT2D eigenvalue weighted by Gasteiger charge is 2.37. The van der Waals surface area contributed by atoms with Crippen molar-refractivity contribution in [3.8, 4) is 11.4 Å². The number of nitrogens with zero attached hydrogens (tertiary/aromatic N) is 5. The molecule has 3 N–H and O–H groups in total. The van der Waals surface area contributed by atoms with E-state index in [4.69, 9.17) is 17.4 Å². The Morgan fingerprint density at radius 2 is 1.62 bits per heavy atom. The van der Waals surface area contributed by atoms with E-state index in [1.807, 2.05) is 0 Å². The molecular weight excluding hydrogens is 468 g/mol. The Morgan fingerprint density at radius 1 is 1.00 bits per heavy atom. The zero-order chi connectivity index (χ0) is 23.7. The molecule has 0 saturated carbocycles. The number of hydrogen-bond donors (Lipinski definition) is 2. The fourth-order valence-electron chi connectivity index (χ4n) is 2.51. The molecule has 32 heavy (non-hydrogen) atoms. The maximum absolute atomic E-state index is 13.1. The summed E-state index contributed by atoms with van der Waals surface area (Å²) < 4.78 is 79.6. The first-order valence-corrected chi connectivity index (χ1v) is 8.68. The number of carbonyl (C=O) groups excluding carboxylic acids is 1. The van der Waals surface area contributed by atoms with Crippen LogP contribution in [0.5, 0.6) is 0 Å². The number of amides is 1. The number of hydrazine groups is 1. The van der Waals surface area contributed by atoms with Gasteiger partial charge in [0.15, 0.2) is 5.82 Å². The van der Waals surface area contributed by atoms with Crippen LogP contribution in [0.2, 0.25) is 0 Å². The summed E-state index contributed by atoms with van der Waals surface area (Å²) in [5.74, 6) is 3.60. The number of alkyl halides is 6. The molecule has 0 atom stereocenters. The molecule has 15 heteroatoms. The van der Waals surface area contributed by atoms with E-state index in [1.165, 1.54) is 18.6 Å². The van der Waals surface area contributed by atoms with Crippen LogP contribution in [0.4, 0.5) is 26.3 Å². The van der Waals surface area contributed by atoms with Crippen molar-refractivity contribution >= 4 is 23.2 Å². The number of hydrogen-bond acceptors (Lipinski definition) is 6. The topological polar surface area (TPSA) is 112 Å². The second-order valence-electron chi connectivity index (χ2n) is 6.03. The van der Waals surface area contributed by atoms with Gasteiger partial charge in [-0.25, -0.2) is 15.5 Å². The van der Waals surface area contributed by atoms with E-state index in [9.17, 15) is 31.1 Å². The molecule has 0 aliphatic rings. The van der Waals surface area contributed by atoms with Crippen LogP contribution in [0.3, 0.4) is 0 Å². The third-order valence-corrected chi connectivity index (χ3v) is 4.26. The van der Waals surface area contributed by atoms with Crippen molar-refractivity contribution in [1.82, 2.24) is 30.2 Å². The van der Waals surface area contributed by atoms with Crippen LogP contribution >= 0.6 is 11.6 Å². The second kappa shape index (κ2) is 8.55. The van der Waals surface area contributed by atoms with Gasteiger partial charge in [-0.1, -0.05) is 11.6 Å². The molecule has 0 unspecified atom stereocenters. The Kier molecular flexibility index (Phi) is 6.18. The Hall–Kier alpha value is -3.52. The lowest BCUT2D eigenvalue weighted by molar-refractivity contribution is -0.143. The van der Waals surface area contributed by atoms with E-state index >= 15 is 0 Å². The first kappa shape index (κ1) is 23.1. The van der Waals surface area contributed by atoms with Gasteiger partial charge in [0.2, 0.25) is 0 Å². The first-order chi connectivity index (χ1) is 14.9. The summed E-state index contributed by atoms with van der Waals surface area (Å²) in [7, 11) is 0. The van der Waals surface area contributed by atoms with Crippen molar-refractivity contribution in [3.63, 3.8) is 0 Å². The van der Waals surface area contributed by atoms with Crippen LogP contribution < -0.4 is 11.3 Å². The van der Waals surface area contributed by atoms with Crippen molar-refractivity contribution in [1.29, 1.82) is 0 Å². The van der Waals surface area contributed by atoms with Gasteiger partial charge in [-0.05, 0) is 18.2 Å². The normalized spacial score (nSPS) is 13.0. The monoisotopic (exact) mass is 477 g/mol. The first-order valence-electron chi connectivity index (χ1n) is 8.31.